The lowest BCUT2D eigenvalue weighted by atomic mass is 9.88. The van der Waals surface area contributed by atoms with Gasteiger partial charge in [-0.1, -0.05) is 18.2 Å². The number of rotatable bonds is 10. The molecule has 0 aliphatic carbocycles. The maximum Gasteiger partial charge on any atom is 0.460 e. The summed E-state index contributed by atoms with van der Waals surface area (Å²) < 4.78 is 235. The smallest absolute Gasteiger partial charge is 0.254 e. The molecule has 0 fully saturated rings. The van der Waals surface area contributed by atoms with Crippen LogP contribution >= 0.6 is 0 Å². The molecule has 19 heteroatoms. The molecule has 35 heavy (non-hydrogen) atoms. The molecule has 1 aromatic rings. The van der Waals surface area contributed by atoms with Crippen molar-refractivity contribution in [1.29, 1.82) is 0 Å². The molecule has 0 bridgehead atoms. The molecule has 0 aliphatic rings. The van der Waals surface area contributed by atoms with E-state index in [-0.39, 0.29) is 4.90 Å². The van der Waals surface area contributed by atoms with Gasteiger partial charge < -0.3 is 0 Å². The summed E-state index contributed by atoms with van der Waals surface area (Å²) in [6, 6.07) is 5.43. The molecule has 1 aromatic carbocycles. The maximum atomic E-state index is 13.8. The van der Waals surface area contributed by atoms with Crippen LogP contribution in [0.4, 0.5) is 74.6 Å². The van der Waals surface area contributed by atoms with Crippen molar-refractivity contribution in [2.45, 2.75) is 59.0 Å². The minimum Gasteiger partial charge on any atom is -0.254 e. The van der Waals surface area contributed by atoms with E-state index in [1.165, 1.54) is 6.07 Å². The third-order valence-electron chi connectivity index (χ3n) is 4.39. The Hall–Kier alpha value is -1.82. The molecular formula is C16H9F17OS. The summed E-state index contributed by atoms with van der Waals surface area (Å²) >= 11 is 0. The molecule has 0 saturated heterocycles. The Kier molecular flexibility index (Phi) is 7.97. The molecule has 1 rings (SSSR count). The van der Waals surface area contributed by atoms with E-state index in [0.29, 0.717) is 0 Å². The van der Waals surface area contributed by atoms with Crippen LogP contribution in [-0.4, -0.2) is 57.6 Å². The molecule has 0 aliphatic heterocycles. The summed E-state index contributed by atoms with van der Waals surface area (Å²) in [6.45, 7) is 0. The average Bonchev–Trinajstić information content (AvgIpc) is 2.70. The zero-order valence-electron chi connectivity index (χ0n) is 16.0. The Morgan fingerprint density at radius 2 is 0.857 bits per heavy atom. The summed E-state index contributed by atoms with van der Waals surface area (Å²) in [5.74, 6) is -58.3. The molecule has 0 amide bonds. The van der Waals surface area contributed by atoms with Gasteiger partial charge in [0.05, 0.1) is 10.8 Å². The highest BCUT2D eigenvalue weighted by atomic mass is 32.2. The van der Waals surface area contributed by atoms with Crippen molar-refractivity contribution in [2.75, 3.05) is 5.75 Å². The van der Waals surface area contributed by atoms with Gasteiger partial charge in [-0.3, -0.25) is 4.21 Å². The number of hydrogen-bond acceptors (Lipinski definition) is 1. The summed E-state index contributed by atoms with van der Waals surface area (Å²) in [5.41, 5.74) is 0. The van der Waals surface area contributed by atoms with Crippen molar-refractivity contribution in [3.63, 3.8) is 0 Å². The standard InChI is InChI=1S/C16H9F17OS/c17-9(18,6-7-35(34)8-4-2-1-3-5-8)10(19,20)11(21,22)12(23,24)13(25,26)14(27,28)15(29,30)16(31,32)33/h1-5H,6-7H2. The lowest BCUT2D eigenvalue weighted by molar-refractivity contribution is -0.461. The van der Waals surface area contributed by atoms with E-state index in [2.05, 4.69) is 0 Å². The van der Waals surface area contributed by atoms with Crippen molar-refractivity contribution in [3.8, 4) is 0 Å². The molecule has 0 saturated carbocycles. The highest BCUT2D eigenvalue weighted by Crippen LogP contribution is 2.64. The maximum absolute atomic E-state index is 13.8. The third kappa shape index (κ3) is 4.68. The topological polar surface area (TPSA) is 17.1 Å². The monoisotopic (exact) mass is 572 g/mol. The predicted octanol–water partition coefficient (Wildman–Crippen LogP) is 7.19. The Labute approximate surface area is 185 Å². The molecule has 1 nitrogen and oxygen atoms in total. The second-order valence-electron chi connectivity index (χ2n) is 6.76. The van der Waals surface area contributed by atoms with Crippen molar-refractivity contribution >= 4 is 10.8 Å². The van der Waals surface area contributed by atoms with Crippen LogP contribution in [0.3, 0.4) is 0 Å². The Morgan fingerprint density at radius 1 is 0.514 bits per heavy atom. The molecule has 1 atom stereocenters. The molecule has 0 heterocycles. The molecule has 204 valence electrons. The molecule has 0 spiro atoms. The minimum atomic E-state index is -8.66. The van der Waals surface area contributed by atoms with Crippen LogP contribution in [0.2, 0.25) is 0 Å². The van der Waals surface area contributed by atoms with E-state index in [0.717, 1.165) is 24.3 Å². The Morgan fingerprint density at radius 3 is 1.23 bits per heavy atom. The van der Waals surface area contributed by atoms with Crippen LogP contribution in [0.5, 0.6) is 0 Å². The van der Waals surface area contributed by atoms with Gasteiger partial charge in [-0.2, -0.15) is 74.6 Å². The van der Waals surface area contributed by atoms with Gasteiger partial charge in [-0.25, -0.2) is 0 Å². The van der Waals surface area contributed by atoms with Crippen molar-refractivity contribution < 1.29 is 78.8 Å². The van der Waals surface area contributed by atoms with Crippen molar-refractivity contribution in [2.24, 2.45) is 0 Å². The van der Waals surface area contributed by atoms with Gasteiger partial charge >= 0.3 is 47.6 Å². The summed E-state index contributed by atoms with van der Waals surface area (Å²) in [4.78, 5) is -0.385. The van der Waals surface area contributed by atoms with Crippen molar-refractivity contribution in [3.05, 3.63) is 30.3 Å². The molecule has 1 unspecified atom stereocenters. The first-order valence-corrected chi connectivity index (χ1v) is 9.71. The highest BCUT2D eigenvalue weighted by molar-refractivity contribution is 7.85. The van der Waals surface area contributed by atoms with Gasteiger partial charge in [0.25, 0.3) is 0 Å². The zero-order chi connectivity index (χ0) is 28.1. The quantitative estimate of drug-likeness (QED) is 0.272. The average molecular weight is 572 g/mol. The van der Waals surface area contributed by atoms with Gasteiger partial charge in [-0.15, -0.1) is 0 Å². The number of benzene rings is 1. The first kappa shape index (κ1) is 31.2. The normalized spacial score (nSPS) is 16.4. The van der Waals surface area contributed by atoms with Gasteiger partial charge in [0.1, 0.15) is 0 Å². The van der Waals surface area contributed by atoms with E-state index in [4.69, 9.17) is 0 Å². The van der Waals surface area contributed by atoms with E-state index in [9.17, 15) is 78.8 Å². The van der Waals surface area contributed by atoms with Gasteiger partial charge in [0.2, 0.25) is 0 Å². The van der Waals surface area contributed by atoms with Crippen LogP contribution in [0, 0.1) is 0 Å². The predicted molar refractivity (Wildman–Crippen MR) is 83.0 cm³/mol. The summed E-state index contributed by atoms with van der Waals surface area (Å²) in [5, 5.41) is 0. The first-order chi connectivity index (χ1) is 15.2. The second kappa shape index (κ2) is 8.93. The first-order valence-electron chi connectivity index (χ1n) is 8.39. The minimum absolute atomic E-state index is 0.385. The summed E-state index contributed by atoms with van der Waals surface area (Å²) in [6.07, 6.45) is -10.5. The van der Waals surface area contributed by atoms with Gasteiger partial charge in [0.15, 0.2) is 0 Å². The van der Waals surface area contributed by atoms with E-state index >= 15 is 0 Å². The molecule has 0 aromatic heterocycles. The van der Waals surface area contributed by atoms with Crippen LogP contribution in [0.15, 0.2) is 35.2 Å². The summed E-state index contributed by atoms with van der Waals surface area (Å²) in [7, 11) is -2.70. The second-order valence-corrected chi connectivity index (χ2v) is 8.33. The zero-order valence-corrected chi connectivity index (χ0v) is 16.9. The Balaban J connectivity index is 3.42. The van der Waals surface area contributed by atoms with Gasteiger partial charge in [-0.05, 0) is 12.1 Å². The molecular weight excluding hydrogens is 563 g/mol. The van der Waals surface area contributed by atoms with Crippen LogP contribution in [0.1, 0.15) is 6.42 Å². The Bertz CT molecular complexity index is 906. The van der Waals surface area contributed by atoms with E-state index in [1.807, 2.05) is 0 Å². The fourth-order valence-electron chi connectivity index (χ4n) is 2.26. The molecule has 0 radical (unpaired) electrons. The SMILES string of the molecule is O=S(CCC(F)(F)C(F)(F)C(F)(F)C(F)(F)C(F)(F)C(F)(F)C(F)(F)C(F)(F)F)c1ccccc1. The fraction of sp³-hybridized carbons (Fsp3) is 0.625. The third-order valence-corrected chi connectivity index (χ3v) is 5.77. The largest absolute Gasteiger partial charge is 0.460 e. The van der Waals surface area contributed by atoms with E-state index in [1.54, 1.807) is 0 Å². The number of hydrogen-bond donors (Lipinski definition) is 0. The fourth-order valence-corrected chi connectivity index (χ4v) is 3.40. The number of alkyl halides is 17. The molecule has 0 N–H and O–H groups in total. The van der Waals surface area contributed by atoms with Crippen LogP contribution in [-0.2, 0) is 10.8 Å². The van der Waals surface area contributed by atoms with E-state index < -0.39 is 70.6 Å². The highest BCUT2D eigenvalue weighted by Gasteiger charge is 2.95. The number of halogens is 17. The van der Waals surface area contributed by atoms with Crippen LogP contribution in [0.25, 0.3) is 0 Å². The lowest BCUT2D eigenvalue weighted by Crippen LogP contribution is -2.74. The van der Waals surface area contributed by atoms with Gasteiger partial charge in [0, 0.05) is 17.1 Å². The van der Waals surface area contributed by atoms with Crippen LogP contribution < -0.4 is 0 Å². The lowest BCUT2D eigenvalue weighted by Gasteiger charge is -2.42. The van der Waals surface area contributed by atoms with Crippen molar-refractivity contribution in [1.82, 2.24) is 0 Å².